The molecule has 0 amide bonds. The SMILES string of the molecule is N#CCc1coc(C2CC2)n1. The molecule has 1 heterocycles. The summed E-state index contributed by atoms with van der Waals surface area (Å²) >= 11 is 0. The topological polar surface area (TPSA) is 49.8 Å². The standard InChI is InChI=1S/C8H8N2O/c9-4-3-7-5-11-8(10-7)6-1-2-6/h5-6H,1-3H2. The fourth-order valence-electron chi connectivity index (χ4n) is 1.00. The van der Waals surface area contributed by atoms with Crippen molar-refractivity contribution >= 4 is 0 Å². The predicted molar refractivity (Wildman–Crippen MR) is 37.8 cm³/mol. The third-order valence-corrected chi connectivity index (χ3v) is 1.76. The molecule has 1 aliphatic rings. The minimum atomic E-state index is 0.357. The van der Waals surface area contributed by atoms with Crippen molar-refractivity contribution in [2.24, 2.45) is 0 Å². The van der Waals surface area contributed by atoms with Gasteiger partial charge < -0.3 is 4.42 Å². The molecule has 0 unspecified atom stereocenters. The van der Waals surface area contributed by atoms with E-state index >= 15 is 0 Å². The first-order chi connectivity index (χ1) is 5.40. The predicted octanol–water partition coefficient (Wildman–Crippen LogP) is 1.62. The van der Waals surface area contributed by atoms with Gasteiger partial charge in [0.25, 0.3) is 0 Å². The molecule has 2 rings (SSSR count). The number of nitrogens with zero attached hydrogens (tertiary/aromatic N) is 2. The van der Waals surface area contributed by atoms with E-state index in [4.69, 9.17) is 9.68 Å². The lowest BCUT2D eigenvalue weighted by molar-refractivity contribution is 0.497. The van der Waals surface area contributed by atoms with Gasteiger partial charge in [0.05, 0.1) is 18.2 Å². The molecule has 0 bridgehead atoms. The Kier molecular flexibility index (Phi) is 1.39. The summed E-state index contributed by atoms with van der Waals surface area (Å²) in [7, 11) is 0. The van der Waals surface area contributed by atoms with E-state index in [2.05, 4.69) is 4.98 Å². The summed E-state index contributed by atoms with van der Waals surface area (Å²) in [5, 5.41) is 8.35. The zero-order valence-electron chi connectivity index (χ0n) is 6.08. The van der Waals surface area contributed by atoms with E-state index in [0.29, 0.717) is 12.3 Å². The summed E-state index contributed by atoms with van der Waals surface area (Å²) < 4.78 is 5.18. The van der Waals surface area contributed by atoms with Crippen LogP contribution < -0.4 is 0 Å². The van der Waals surface area contributed by atoms with Crippen LogP contribution in [0.2, 0.25) is 0 Å². The molecule has 0 aliphatic heterocycles. The summed E-state index contributed by atoms with van der Waals surface area (Å²) in [5.41, 5.74) is 0.759. The van der Waals surface area contributed by atoms with Crippen molar-refractivity contribution in [2.45, 2.75) is 25.2 Å². The second-order valence-electron chi connectivity index (χ2n) is 2.79. The van der Waals surface area contributed by atoms with Gasteiger partial charge in [0.2, 0.25) is 0 Å². The zero-order valence-corrected chi connectivity index (χ0v) is 6.08. The molecule has 0 saturated heterocycles. The zero-order chi connectivity index (χ0) is 7.68. The lowest BCUT2D eigenvalue weighted by Gasteiger charge is -1.82. The van der Waals surface area contributed by atoms with E-state index < -0.39 is 0 Å². The number of nitriles is 1. The van der Waals surface area contributed by atoms with E-state index in [1.165, 1.54) is 12.8 Å². The Labute approximate surface area is 64.7 Å². The average molecular weight is 148 g/mol. The molecule has 1 aliphatic carbocycles. The van der Waals surface area contributed by atoms with Gasteiger partial charge in [0.1, 0.15) is 6.26 Å². The average Bonchev–Trinajstić information content (AvgIpc) is 2.75. The van der Waals surface area contributed by atoms with Gasteiger partial charge in [-0.05, 0) is 12.8 Å². The maximum absolute atomic E-state index is 8.35. The van der Waals surface area contributed by atoms with Crippen LogP contribution in [0, 0.1) is 11.3 Å². The molecule has 0 aromatic carbocycles. The highest BCUT2D eigenvalue weighted by atomic mass is 16.3. The number of oxazole rings is 1. The van der Waals surface area contributed by atoms with Crippen molar-refractivity contribution < 1.29 is 4.42 Å². The Morgan fingerprint density at radius 2 is 2.55 bits per heavy atom. The van der Waals surface area contributed by atoms with Crippen molar-refractivity contribution in [3.05, 3.63) is 17.8 Å². The smallest absolute Gasteiger partial charge is 0.197 e. The largest absolute Gasteiger partial charge is 0.448 e. The Balaban J connectivity index is 2.13. The molecule has 1 aromatic rings. The molecule has 0 atom stereocenters. The van der Waals surface area contributed by atoms with Gasteiger partial charge in [-0.25, -0.2) is 4.98 Å². The minimum absolute atomic E-state index is 0.357. The summed E-state index contributed by atoms with van der Waals surface area (Å²) in [4.78, 5) is 4.17. The van der Waals surface area contributed by atoms with Crippen LogP contribution in [0.3, 0.4) is 0 Å². The van der Waals surface area contributed by atoms with Crippen LogP contribution in [0.15, 0.2) is 10.7 Å². The van der Waals surface area contributed by atoms with E-state index in [-0.39, 0.29) is 0 Å². The van der Waals surface area contributed by atoms with Crippen molar-refractivity contribution in [1.82, 2.24) is 4.98 Å². The Bertz CT molecular complexity index is 293. The number of hydrogen-bond donors (Lipinski definition) is 0. The van der Waals surface area contributed by atoms with E-state index in [1.54, 1.807) is 6.26 Å². The number of hydrogen-bond acceptors (Lipinski definition) is 3. The minimum Gasteiger partial charge on any atom is -0.448 e. The Hall–Kier alpha value is -1.30. The van der Waals surface area contributed by atoms with Crippen molar-refractivity contribution in [3.8, 4) is 6.07 Å². The van der Waals surface area contributed by atoms with Crippen LogP contribution in [-0.4, -0.2) is 4.98 Å². The van der Waals surface area contributed by atoms with Crippen LogP contribution in [0.5, 0.6) is 0 Å². The molecular weight excluding hydrogens is 140 g/mol. The van der Waals surface area contributed by atoms with Crippen molar-refractivity contribution in [2.75, 3.05) is 0 Å². The fraction of sp³-hybridized carbons (Fsp3) is 0.500. The van der Waals surface area contributed by atoms with Crippen LogP contribution in [0.4, 0.5) is 0 Å². The second kappa shape index (κ2) is 2.39. The third kappa shape index (κ3) is 1.25. The first kappa shape index (κ1) is 6.41. The maximum Gasteiger partial charge on any atom is 0.197 e. The lowest BCUT2D eigenvalue weighted by Crippen LogP contribution is -1.82. The normalized spacial score (nSPS) is 16.3. The highest BCUT2D eigenvalue weighted by Gasteiger charge is 2.28. The van der Waals surface area contributed by atoms with Gasteiger partial charge in [0, 0.05) is 5.92 Å². The molecule has 1 saturated carbocycles. The number of aromatic nitrogens is 1. The highest BCUT2D eigenvalue weighted by Crippen LogP contribution is 2.39. The van der Waals surface area contributed by atoms with Crippen molar-refractivity contribution in [3.63, 3.8) is 0 Å². The summed E-state index contributed by atoms with van der Waals surface area (Å²) in [5.74, 6) is 1.36. The van der Waals surface area contributed by atoms with E-state index in [0.717, 1.165) is 11.6 Å². The monoisotopic (exact) mass is 148 g/mol. The lowest BCUT2D eigenvalue weighted by atomic mass is 10.4. The van der Waals surface area contributed by atoms with Crippen LogP contribution in [-0.2, 0) is 6.42 Å². The second-order valence-corrected chi connectivity index (χ2v) is 2.79. The van der Waals surface area contributed by atoms with Crippen molar-refractivity contribution in [1.29, 1.82) is 5.26 Å². The first-order valence-electron chi connectivity index (χ1n) is 3.71. The molecule has 3 nitrogen and oxygen atoms in total. The molecule has 0 N–H and O–H groups in total. The van der Waals surface area contributed by atoms with E-state index in [1.807, 2.05) is 6.07 Å². The molecule has 56 valence electrons. The Morgan fingerprint density at radius 3 is 3.18 bits per heavy atom. The van der Waals surface area contributed by atoms with E-state index in [9.17, 15) is 0 Å². The summed E-state index contributed by atoms with van der Waals surface area (Å²) in [6, 6.07) is 2.03. The summed E-state index contributed by atoms with van der Waals surface area (Å²) in [6.07, 6.45) is 4.31. The van der Waals surface area contributed by atoms with Crippen LogP contribution in [0.25, 0.3) is 0 Å². The van der Waals surface area contributed by atoms with Crippen LogP contribution in [0.1, 0.15) is 30.3 Å². The molecular formula is C8H8N2O. The molecule has 11 heavy (non-hydrogen) atoms. The molecule has 1 aromatic heterocycles. The van der Waals surface area contributed by atoms with Gasteiger partial charge in [-0.3, -0.25) is 0 Å². The molecule has 0 radical (unpaired) electrons. The summed E-state index contributed by atoms with van der Waals surface area (Å²) in [6.45, 7) is 0. The van der Waals surface area contributed by atoms with Gasteiger partial charge in [-0.2, -0.15) is 5.26 Å². The van der Waals surface area contributed by atoms with Gasteiger partial charge in [-0.1, -0.05) is 0 Å². The number of rotatable bonds is 2. The molecule has 3 heteroatoms. The van der Waals surface area contributed by atoms with Gasteiger partial charge in [0.15, 0.2) is 5.89 Å². The Morgan fingerprint density at radius 1 is 1.73 bits per heavy atom. The fourth-order valence-corrected chi connectivity index (χ4v) is 1.00. The molecule has 1 fully saturated rings. The van der Waals surface area contributed by atoms with Crippen LogP contribution >= 0.6 is 0 Å². The maximum atomic E-state index is 8.35. The first-order valence-corrected chi connectivity index (χ1v) is 3.71. The quantitative estimate of drug-likeness (QED) is 0.640. The van der Waals surface area contributed by atoms with Gasteiger partial charge in [-0.15, -0.1) is 0 Å². The molecule has 0 spiro atoms. The van der Waals surface area contributed by atoms with Gasteiger partial charge >= 0.3 is 0 Å². The third-order valence-electron chi connectivity index (χ3n) is 1.76. The highest BCUT2D eigenvalue weighted by molar-refractivity contribution is 5.08.